The number of amides is 1. The van der Waals surface area contributed by atoms with Gasteiger partial charge in [-0.3, -0.25) is 9.59 Å². The van der Waals surface area contributed by atoms with Crippen molar-refractivity contribution in [1.82, 2.24) is 9.80 Å². The molecule has 28 heavy (non-hydrogen) atoms. The number of benzene rings is 1. The number of rotatable bonds is 6. The number of aryl methyl sites for hydroxylation is 1. The van der Waals surface area contributed by atoms with E-state index in [1.807, 2.05) is 43.4 Å². The van der Waals surface area contributed by atoms with E-state index in [4.69, 9.17) is 4.74 Å². The van der Waals surface area contributed by atoms with E-state index in [0.717, 1.165) is 10.4 Å². The van der Waals surface area contributed by atoms with Gasteiger partial charge in [0.2, 0.25) is 0 Å². The predicted molar refractivity (Wildman–Crippen MR) is 110 cm³/mol. The molecule has 1 amide bonds. The molecule has 0 radical (unpaired) electrons. The normalized spacial score (nSPS) is 18.9. The third-order valence-corrected chi connectivity index (χ3v) is 5.75. The summed E-state index contributed by atoms with van der Waals surface area (Å²) in [6.07, 6.45) is 0. The van der Waals surface area contributed by atoms with Crippen LogP contribution >= 0.6 is 11.3 Å². The molecule has 7 heteroatoms. The molecule has 2 aromatic rings. The van der Waals surface area contributed by atoms with Crippen LogP contribution in [0.15, 0.2) is 41.3 Å². The zero-order chi connectivity index (χ0) is 20.4. The molecule has 1 aromatic carbocycles. The Balaban J connectivity index is 2.12. The Morgan fingerprint density at radius 1 is 1.29 bits per heavy atom. The first-order chi connectivity index (χ1) is 13.3. The van der Waals surface area contributed by atoms with Crippen LogP contribution in [0.5, 0.6) is 5.75 Å². The molecule has 1 aliphatic heterocycles. The van der Waals surface area contributed by atoms with Gasteiger partial charge in [0, 0.05) is 23.5 Å². The van der Waals surface area contributed by atoms with Gasteiger partial charge in [-0.05, 0) is 56.2 Å². The zero-order valence-corrected chi connectivity index (χ0v) is 17.2. The van der Waals surface area contributed by atoms with Crippen molar-refractivity contribution < 1.29 is 19.4 Å². The number of Topliss-reactive ketones (excluding diaryl/α,β-unsaturated/α-hetero) is 1. The second kappa shape index (κ2) is 8.16. The Hall–Kier alpha value is -2.64. The summed E-state index contributed by atoms with van der Waals surface area (Å²) in [5.41, 5.74) is 1.42. The van der Waals surface area contributed by atoms with Crippen LogP contribution in [0.2, 0.25) is 0 Å². The average molecular weight is 401 g/mol. The minimum atomic E-state index is -0.648. The van der Waals surface area contributed by atoms with Gasteiger partial charge >= 0.3 is 0 Å². The van der Waals surface area contributed by atoms with Crippen molar-refractivity contribution >= 4 is 28.8 Å². The highest BCUT2D eigenvalue weighted by molar-refractivity contribution is 7.10. The minimum absolute atomic E-state index is 0.138. The number of carbonyl (C=O) groups is 2. The van der Waals surface area contributed by atoms with Crippen LogP contribution in [0.1, 0.15) is 22.0 Å². The van der Waals surface area contributed by atoms with E-state index in [1.54, 1.807) is 30.2 Å². The number of likely N-dealkylation sites (N-methyl/N-ethyl adjacent to an activating group) is 1. The van der Waals surface area contributed by atoms with Gasteiger partial charge in [-0.25, -0.2) is 0 Å². The number of hydrogen-bond acceptors (Lipinski definition) is 6. The standard InChI is InChI=1S/C21H24N2O4S/c1-13-12-14(27-4)7-8-15(13)19(24)17-18(16-6-5-11-28-16)23(10-9-22(2)3)21(26)20(17)25/h5-8,11-12,18,24H,9-10H2,1-4H3. The van der Waals surface area contributed by atoms with E-state index in [1.165, 1.54) is 11.3 Å². The van der Waals surface area contributed by atoms with Crippen molar-refractivity contribution in [3.05, 3.63) is 57.3 Å². The fourth-order valence-electron chi connectivity index (χ4n) is 3.33. The Labute approximate surface area is 168 Å². The Kier molecular flexibility index (Phi) is 5.86. The molecule has 3 rings (SSSR count). The number of hydrogen-bond donors (Lipinski definition) is 1. The molecule has 6 nitrogen and oxygen atoms in total. The number of thiophene rings is 1. The van der Waals surface area contributed by atoms with Crippen LogP contribution in [0.4, 0.5) is 0 Å². The number of likely N-dealkylation sites (tertiary alicyclic amines) is 1. The van der Waals surface area contributed by atoms with Crippen molar-refractivity contribution in [3.8, 4) is 5.75 Å². The van der Waals surface area contributed by atoms with Crippen molar-refractivity contribution in [3.63, 3.8) is 0 Å². The summed E-state index contributed by atoms with van der Waals surface area (Å²) in [7, 11) is 5.40. The molecule has 1 unspecified atom stereocenters. The van der Waals surface area contributed by atoms with Crippen molar-refractivity contribution in [1.29, 1.82) is 0 Å². The lowest BCUT2D eigenvalue weighted by molar-refractivity contribution is -0.140. The molecule has 2 heterocycles. The second-order valence-corrected chi connectivity index (χ2v) is 7.97. The van der Waals surface area contributed by atoms with E-state index in [9.17, 15) is 14.7 Å². The fraction of sp³-hybridized carbons (Fsp3) is 0.333. The van der Waals surface area contributed by atoms with E-state index < -0.39 is 17.7 Å². The van der Waals surface area contributed by atoms with Gasteiger partial charge in [0.1, 0.15) is 11.5 Å². The van der Waals surface area contributed by atoms with Gasteiger partial charge in [0.15, 0.2) is 0 Å². The Morgan fingerprint density at radius 3 is 2.61 bits per heavy atom. The number of aliphatic hydroxyl groups excluding tert-OH is 1. The lowest BCUT2D eigenvalue weighted by Crippen LogP contribution is -2.35. The van der Waals surface area contributed by atoms with Gasteiger partial charge in [0.25, 0.3) is 11.7 Å². The maximum Gasteiger partial charge on any atom is 0.295 e. The predicted octanol–water partition coefficient (Wildman–Crippen LogP) is 3.05. The van der Waals surface area contributed by atoms with Crippen molar-refractivity contribution in [2.75, 3.05) is 34.3 Å². The van der Waals surface area contributed by atoms with Crippen LogP contribution < -0.4 is 4.74 Å². The molecule has 1 saturated heterocycles. The highest BCUT2D eigenvalue weighted by atomic mass is 32.1. The summed E-state index contributed by atoms with van der Waals surface area (Å²) >= 11 is 1.46. The van der Waals surface area contributed by atoms with Crippen LogP contribution in [-0.4, -0.2) is 60.9 Å². The number of methoxy groups -OCH3 is 1. The van der Waals surface area contributed by atoms with Gasteiger partial charge < -0.3 is 19.6 Å². The minimum Gasteiger partial charge on any atom is -0.507 e. The first kappa shape index (κ1) is 20.1. The maximum atomic E-state index is 12.9. The smallest absolute Gasteiger partial charge is 0.295 e. The van der Waals surface area contributed by atoms with Crippen LogP contribution in [0.25, 0.3) is 5.76 Å². The van der Waals surface area contributed by atoms with Crippen molar-refractivity contribution in [2.24, 2.45) is 0 Å². The summed E-state index contributed by atoms with van der Waals surface area (Å²) in [5, 5.41) is 13.0. The molecule has 0 aliphatic carbocycles. The van der Waals surface area contributed by atoms with Crippen LogP contribution in [0.3, 0.4) is 0 Å². The quantitative estimate of drug-likeness (QED) is 0.459. The first-order valence-corrected chi connectivity index (χ1v) is 9.84. The molecule has 1 atom stereocenters. The first-order valence-electron chi connectivity index (χ1n) is 8.96. The van der Waals surface area contributed by atoms with Gasteiger partial charge in [-0.15, -0.1) is 11.3 Å². The summed E-state index contributed by atoms with van der Waals surface area (Å²) in [6.45, 7) is 2.86. The zero-order valence-electron chi connectivity index (χ0n) is 16.4. The van der Waals surface area contributed by atoms with Crippen LogP contribution in [-0.2, 0) is 9.59 Å². The molecule has 0 spiro atoms. The number of aliphatic hydroxyl groups is 1. The average Bonchev–Trinajstić information content (AvgIpc) is 3.27. The molecule has 148 valence electrons. The van der Waals surface area contributed by atoms with E-state index in [0.29, 0.717) is 24.4 Å². The van der Waals surface area contributed by atoms with E-state index >= 15 is 0 Å². The monoisotopic (exact) mass is 400 g/mol. The molecule has 1 aliphatic rings. The molecule has 1 aromatic heterocycles. The van der Waals surface area contributed by atoms with Gasteiger partial charge in [0.05, 0.1) is 18.7 Å². The summed E-state index contributed by atoms with van der Waals surface area (Å²) < 4.78 is 5.21. The molecular formula is C21H24N2O4S. The largest absolute Gasteiger partial charge is 0.507 e. The highest BCUT2D eigenvalue weighted by Crippen LogP contribution is 2.41. The third kappa shape index (κ3) is 3.68. The SMILES string of the molecule is COc1ccc(C(O)=C2C(=O)C(=O)N(CCN(C)C)C2c2cccs2)c(C)c1. The van der Waals surface area contributed by atoms with Crippen LogP contribution in [0, 0.1) is 6.92 Å². The van der Waals surface area contributed by atoms with Crippen molar-refractivity contribution in [2.45, 2.75) is 13.0 Å². The fourth-order valence-corrected chi connectivity index (χ4v) is 4.18. The number of ketones is 1. The Morgan fingerprint density at radius 2 is 2.04 bits per heavy atom. The molecule has 0 bridgehead atoms. The summed E-state index contributed by atoms with van der Waals surface area (Å²) in [4.78, 5) is 30.0. The summed E-state index contributed by atoms with van der Waals surface area (Å²) in [5.74, 6) is -0.711. The van der Waals surface area contributed by atoms with E-state index in [-0.39, 0.29) is 11.3 Å². The molecule has 0 saturated carbocycles. The lowest BCUT2D eigenvalue weighted by Gasteiger charge is -2.25. The topological polar surface area (TPSA) is 70.1 Å². The molecular weight excluding hydrogens is 376 g/mol. The lowest BCUT2D eigenvalue weighted by atomic mass is 9.97. The third-order valence-electron chi connectivity index (χ3n) is 4.83. The number of carbonyl (C=O) groups excluding carboxylic acids is 2. The second-order valence-electron chi connectivity index (χ2n) is 6.99. The number of nitrogens with zero attached hydrogens (tertiary/aromatic N) is 2. The number of ether oxygens (including phenoxy) is 1. The summed E-state index contributed by atoms with van der Waals surface area (Å²) in [6, 6.07) is 8.41. The maximum absolute atomic E-state index is 12.9. The molecule has 1 fully saturated rings. The Bertz CT molecular complexity index is 918. The van der Waals surface area contributed by atoms with Gasteiger partial charge in [-0.2, -0.15) is 0 Å². The van der Waals surface area contributed by atoms with Gasteiger partial charge in [-0.1, -0.05) is 6.07 Å². The molecule has 1 N–H and O–H groups in total. The highest BCUT2D eigenvalue weighted by Gasteiger charge is 2.46. The van der Waals surface area contributed by atoms with E-state index in [2.05, 4.69) is 0 Å².